The van der Waals surface area contributed by atoms with E-state index in [4.69, 9.17) is 22.7 Å². The smallest absolute Gasteiger partial charge is 0.251 e. The van der Waals surface area contributed by atoms with Gasteiger partial charge in [-0.1, -0.05) is 24.4 Å². The Balaban J connectivity index is 1.80. The van der Waals surface area contributed by atoms with Crippen molar-refractivity contribution in [3.8, 4) is 0 Å². The summed E-state index contributed by atoms with van der Waals surface area (Å²) >= 11 is 4.87. The normalized spacial score (nSPS) is 18.2. The Hall–Kier alpha value is -1.46. The minimum atomic E-state index is -0.0764. The summed E-state index contributed by atoms with van der Waals surface area (Å²) in [5.74, 6) is -0.0764. The molecule has 5 heteroatoms. The fourth-order valence-electron chi connectivity index (χ4n) is 2.11. The van der Waals surface area contributed by atoms with Crippen LogP contribution in [0, 0.1) is 0 Å². The van der Waals surface area contributed by atoms with E-state index in [2.05, 4.69) is 5.32 Å². The van der Waals surface area contributed by atoms with Gasteiger partial charge in [0.25, 0.3) is 5.91 Å². The van der Waals surface area contributed by atoms with Gasteiger partial charge < -0.3 is 15.8 Å². The van der Waals surface area contributed by atoms with Gasteiger partial charge >= 0.3 is 0 Å². The topological polar surface area (TPSA) is 64.4 Å². The highest BCUT2D eigenvalue weighted by atomic mass is 32.1. The molecule has 19 heavy (non-hydrogen) atoms. The first-order chi connectivity index (χ1) is 9.16. The molecule has 1 saturated heterocycles. The Morgan fingerprint density at radius 2 is 2.05 bits per heavy atom. The van der Waals surface area contributed by atoms with E-state index in [0.717, 1.165) is 31.4 Å². The lowest BCUT2D eigenvalue weighted by atomic mass is 10.1. The van der Waals surface area contributed by atoms with Crippen molar-refractivity contribution in [1.29, 1.82) is 0 Å². The number of carbonyl (C=O) groups is 1. The zero-order chi connectivity index (χ0) is 13.7. The summed E-state index contributed by atoms with van der Waals surface area (Å²) < 4.78 is 5.50. The van der Waals surface area contributed by atoms with E-state index in [1.54, 1.807) is 24.3 Å². The van der Waals surface area contributed by atoms with Crippen LogP contribution in [0.1, 0.15) is 35.2 Å². The first-order valence-corrected chi connectivity index (χ1v) is 6.87. The lowest BCUT2D eigenvalue weighted by Crippen LogP contribution is -2.27. The van der Waals surface area contributed by atoms with Crippen molar-refractivity contribution in [1.82, 2.24) is 5.32 Å². The summed E-state index contributed by atoms with van der Waals surface area (Å²) in [6.45, 7) is 1.49. The van der Waals surface area contributed by atoms with E-state index in [1.165, 1.54) is 0 Å². The summed E-state index contributed by atoms with van der Waals surface area (Å²) in [7, 11) is 0. The van der Waals surface area contributed by atoms with Gasteiger partial charge in [0.2, 0.25) is 0 Å². The molecule has 1 fully saturated rings. The van der Waals surface area contributed by atoms with Crippen molar-refractivity contribution in [3.05, 3.63) is 35.4 Å². The van der Waals surface area contributed by atoms with Crippen LogP contribution >= 0.6 is 12.2 Å². The van der Waals surface area contributed by atoms with Crippen LogP contribution in [-0.2, 0) is 4.74 Å². The second-order valence-electron chi connectivity index (χ2n) is 4.62. The maximum atomic E-state index is 11.9. The Morgan fingerprint density at radius 1 is 1.37 bits per heavy atom. The van der Waals surface area contributed by atoms with Gasteiger partial charge in [-0.15, -0.1) is 0 Å². The summed E-state index contributed by atoms with van der Waals surface area (Å²) in [4.78, 5) is 12.2. The maximum absolute atomic E-state index is 11.9. The molecule has 0 radical (unpaired) electrons. The molecule has 4 nitrogen and oxygen atoms in total. The van der Waals surface area contributed by atoms with Crippen LogP contribution in [0.3, 0.4) is 0 Å². The zero-order valence-electron chi connectivity index (χ0n) is 10.7. The summed E-state index contributed by atoms with van der Waals surface area (Å²) in [5, 5.41) is 2.89. The summed E-state index contributed by atoms with van der Waals surface area (Å²) in [5.41, 5.74) is 6.89. The molecule has 1 aromatic rings. The van der Waals surface area contributed by atoms with Crippen molar-refractivity contribution in [3.63, 3.8) is 0 Å². The number of amides is 1. The molecule has 0 aromatic heterocycles. The maximum Gasteiger partial charge on any atom is 0.251 e. The highest BCUT2D eigenvalue weighted by Crippen LogP contribution is 2.14. The molecule has 0 saturated carbocycles. The Bertz CT molecular complexity index is 453. The standard InChI is InChI=1S/C14H18N2O2S/c15-13(19)10-3-5-11(6-4-10)14(17)16-8-7-12-2-1-9-18-12/h3-6,12H,1-2,7-9H2,(H2,15,19)(H,16,17). The molecule has 1 heterocycles. The van der Waals surface area contributed by atoms with Crippen LogP contribution in [0.15, 0.2) is 24.3 Å². The number of nitrogens with one attached hydrogen (secondary N) is 1. The minimum Gasteiger partial charge on any atom is -0.389 e. The van der Waals surface area contributed by atoms with Gasteiger partial charge in [-0.3, -0.25) is 4.79 Å². The Labute approximate surface area is 118 Å². The second-order valence-corrected chi connectivity index (χ2v) is 5.06. The quantitative estimate of drug-likeness (QED) is 0.803. The molecule has 1 amide bonds. The van der Waals surface area contributed by atoms with Crippen LogP contribution < -0.4 is 11.1 Å². The molecular formula is C14H18N2O2S. The van der Waals surface area contributed by atoms with Crippen LogP contribution in [0.5, 0.6) is 0 Å². The molecule has 1 aliphatic rings. The lowest BCUT2D eigenvalue weighted by Gasteiger charge is -2.10. The third-order valence-corrected chi connectivity index (χ3v) is 3.44. The van der Waals surface area contributed by atoms with Crippen molar-refractivity contribution in [2.24, 2.45) is 5.73 Å². The van der Waals surface area contributed by atoms with Gasteiger partial charge in [-0.2, -0.15) is 0 Å². The van der Waals surface area contributed by atoms with Crippen LogP contribution in [0.2, 0.25) is 0 Å². The molecule has 0 bridgehead atoms. The van der Waals surface area contributed by atoms with E-state index in [1.807, 2.05) is 0 Å². The minimum absolute atomic E-state index is 0.0764. The van der Waals surface area contributed by atoms with Crippen LogP contribution in [0.25, 0.3) is 0 Å². The van der Waals surface area contributed by atoms with Gasteiger partial charge in [0.1, 0.15) is 4.99 Å². The molecule has 0 aliphatic carbocycles. The first-order valence-electron chi connectivity index (χ1n) is 6.46. The molecule has 1 unspecified atom stereocenters. The Kier molecular flexibility index (Phi) is 4.87. The van der Waals surface area contributed by atoms with E-state index < -0.39 is 0 Å². The molecule has 3 N–H and O–H groups in total. The molecule has 1 aliphatic heterocycles. The van der Waals surface area contributed by atoms with E-state index >= 15 is 0 Å². The first kappa shape index (κ1) is 14.0. The van der Waals surface area contributed by atoms with Crippen molar-refractivity contribution in [2.45, 2.75) is 25.4 Å². The predicted octanol–water partition coefficient (Wildman–Crippen LogP) is 1.62. The SMILES string of the molecule is NC(=S)c1ccc(C(=O)NCCC2CCCO2)cc1. The number of thiocarbonyl (C=S) groups is 1. The van der Waals surface area contributed by atoms with Crippen molar-refractivity contribution in [2.75, 3.05) is 13.2 Å². The van der Waals surface area contributed by atoms with Gasteiger partial charge in [-0.25, -0.2) is 0 Å². The summed E-state index contributed by atoms with van der Waals surface area (Å²) in [6, 6.07) is 6.99. The van der Waals surface area contributed by atoms with Gasteiger partial charge in [0.15, 0.2) is 0 Å². The fraction of sp³-hybridized carbons (Fsp3) is 0.429. The van der Waals surface area contributed by atoms with E-state index in [0.29, 0.717) is 23.2 Å². The average molecular weight is 278 g/mol. The number of carbonyl (C=O) groups excluding carboxylic acids is 1. The van der Waals surface area contributed by atoms with Crippen LogP contribution in [0.4, 0.5) is 0 Å². The van der Waals surface area contributed by atoms with Crippen molar-refractivity contribution >= 4 is 23.1 Å². The van der Waals surface area contributed by atoms with E-state index in [-0.39, 0.29) is 5.91 Å². The van der Waals surface area contributed by atoms with Gasteiger partial charge in [0.05, 0.1) is 6.10 Å². The molecule has 2 rings (SSSR count). The monoisotopic (exact) mass is 278 g/mol. The van der Waals surface area contributed by atoms with Crippen molar-refractivity contribution < 1.29 is 9.53 Å². The highest BCUT2D eigenvalue weighted by molar-refractivity contribution is 7.80. The third-order valence-electron chi connectivity index (χ3n) is 3.21. The van der Waals surface area contributed by atoms with E-state index in [9.17, 15) is 4.79 Å². The molecule has 1 aromatic carbocycles. The molecule has 1 atom stereocenters. The van der Waals surface area contributed by atoms with Gasteiger partial charge in [-0.05, 0) is 31.4 Å². The molecule has 0 spiro atoms. The second kappa shape index (κ2) is 6.63. The summed E-state index contributed by atoms with van der Waals surface area (Å²) in [6.07, 6.45) is 3.39. The largest absolute Gasteiger partial charge is 0.389 e. The average Bonchev–Trinajstić information content (AvgIpc) is 2.92. The number of hydrogen-bond donors (Lipinski definition) is 2. The number of benzene rings is 1. The number of hydrogen-bond acceptors (Lipinski definition) is 3. The zero-order valence-corrected chi connectivity index (χ0v) is 11.5. The third kappa shape index (κ3) is 4.01. The number of ether oxygens (including phenoxy) is 1. The highest BCUT2D eigenvalue weighted by Gasteiger charge is 2.15. The predicted molar refractivity (Wildman–Crippen MR) is 78.3 cm³/mol. The Morgan fingerprint density at radius 3 is 2.63 bits per heavy atom. The van der Waals surface area contributed by atoms with Crippen LogP contribution in [-0.4, -0.2) is 30.2 Å². The number of nitrogens with two attached hydrogens (primary N) is 1. The molecular weight excluding hydrogens is 260 g/mol. The fourth-order valence-corrected chi connectivity index (χ4v) is 2.24. The lowest BCUT2D eigenvalue weighted by molar-refractivity contribution is 0.0907. The number of rotatable bonds is 5. The molecule has 102 valence electrons. The van der Waals surface area contributed by atoms with Gasteiger partial charge in [0, 0.05) is 24.3 Å².